The van der Waals surface area contributed by atoms with Gasteiger partial charge in [0.25, 0.3) is 0 Å². The number of rotatable bonds is 9. The molecule has 0 fully saturated rings. The molecular formula is C18H26BrNO3. The highest BCUT2D eigenvalue weighted by Crippen LogP contribution is 2.28. The molecule has 128 valence electrons. The number of ether oxygens (including phenoxy) is 1. The molecule has 1 rings (SSSR count). The zero-order valence-electron chi connectivity index (χ0n) is 14.3. The molecule has 0 bridgehead atoms. The summed E-state index contributed by atoms with van der Waals surface area (Å²) in [6.07, 6.45) is 2.31. The van der Waals surface area contributed by atoms with Gasteiger partial charge in [-0.3, -0.25) is 9.59 Å². The number of carbonyl (C=O) groups excluding carboxylic acids is 2. The van der Waals surface area contributed by atoms with Crippen LogP contribution < -0.4 is 10.1 Å². The van der Waals surface area contributed by atoms with E-state index in [1.165, 1.54) is 0 Å². The van der Waals surface area contributed by atoms with E-state index >= 15 is 0 Å². The highest BCUT2D eigenvalue weighted by Gasteiger charge is 2.21. The van der Waals surface area contributed by atoms with Crippen LogP contribution >= 0.6 is 15.9 Å². The number of nitrogens with one attached hydrogen (secondary N) is 1. The summed E-state index contributed by atoms with van der Waals surface area (Å²) >= 11 is 3.44. The summed E-state index contributed by atoms with van der Waals surface area (Å²) in [5, 5.41) is 2.86. The van der Waals surface area contributed by atoms with Gasteiger partial charge in [0.2, 0.25) is 5.91 Å². The lowest BCUT2D eigenvalue weighted by molar-refractivity contribution is -0.116. The lowest BCUT2D eigenvalue weighted by atomic mass is 10.0. The zero-order valence-corrected chi connectivity index (χ0v) is 15.9. The molecule has 0 radical (unpaired) electrons. The van der Waals surface area contributed by atoms with Crippen LogP contribution in [0, 0.1) is 5.92 Å². The molecule has 23 heavy (non-hydrogen) atoms. The van der Waals surface area contributed by atoms with Gasteiger partial charge in [-0.1, -0.05) is 43.1 Å². The molecule has 0 aliphatic heterocycles. The number of halogens is 1. The lowest BCUT2D eigenvalue weighted by Gasteiger charge is -2.16. The van der Waals surface area contributed by atoms with Crippen molar-refractivity contribution in [1.29, 1.82) is 0 Å². The topological polar surface area (TPSA) is 55.4 Å². The second kappa shape index (κ2) is 9.71. The quantitative estimate of drug-likeness (QED) is 0.491. The summed E-state index contributed by atoms with van der Waals surface area (Å²) in [6, 6.07) is 5.18. The first-order valence-electron chi connectivity index (χ1n) is 8.15. The summed E-state index contributed by atoms with van der Waals surface area (Å²) in [5.41, 5.74) is 1.19. The maximum absolute atomic E-state index is 12.4. The standard InChI is InChI=1S/C18H26BrNO3/c1-5-7-8-16(21)20-14-10-9-13(11-15(14)23-6-2)18(22)17(19)12(3)4/h9-12,17H,5-8H2,1-4H3,(H,20,21). The first kappa shape index (κ1) is 19.7. The van der Waals surface area contributed by atoms with E-state index in [9.17, 15) is 9.59 Å². The van der Waals surface area contributed by atoms with Gasteiger partial charge in [0.05, 0.1) is 17.1 Å². The van der Waals surface area contributed by atoms with Gasteiger partial charge < -0.3 is 10.1 Å². The van der Waals surface area contributed by atoms with Crippen molar-refractivity contribution in [3.63, 3.8) is 0 Å². The van der Waals surface area contributed by atoms with E-state index in [-0.39, 0.29) is 22.4 Å². The van der Waals surface area contributed by atoms with E-state index in [2.05, 4.69) is 21.2 Å². The Balaban J connectivity index is 2.97. The number of ketones is 1. The average molecular weight is 384 g/mol. The van der Waals surface area contributed by atoms with Crippen LogP contribution in [0.2, 0.25) is 0 Å². The molecule has 4 nitrogen and oxygen atoms in total. The second-order valence-corrected chi connectivity index (χ2v) is 6.79. The molecule has 0 heterocycles. The summed E-state index contributed by atoms with van der Waals surface area (Å²) in [4.78, 5) is 24.1. The minimum absolute atomic E-state index is 0.0183. The van der Waals surface area contributed by atoms with Crippen molar-refractivity contribution in [2.45, 2.75) is 51.8 Å². The molecule has 1 N–H and O–H groups in total. The summed E-state index contributed by atoms with van der Waals surface area (Å²) in [7, 11) is 0. The van der Waals surface area contributed by atoms with E-state index in [1.54, 1.807) is 18.2 Å². The number of amides is 1. The molecule has 0 saturated heterocycles. The van der Waals surface area contributed by atoms with Crippen LogP contribution in [0.1, 0.15) is 57.3 Å². The highest BCUT2D eigenvalue weighted by atomic mass is 79.9. The zero-order chi connectivity index (χ0) is 17.4. The molecule has 0 aliphatic carbocycles. The summed E-state index contributed by atoms with van der Waals surface area (Å²) < 4.78 is 5.59. The van der Waals surface area contributed by atoms with Gasteiger partial charge in [-0.25, -0.2) is 0 Å². The fourth-order valence-corrected chi connectivity index (χ4v) is 2.33. The number of carbonyl (C=O) groups is 2. The maximum atomic E-state index is 12.4. The van der Waals surface area contributed by atoms with Crippen LogP contribution in [0.5, 0.6) is 5.75 Å². The number of alkyl halides is 1. The smallest absolute Gasteiger partial charge is 0.224 e. The Labute approximate surface area is 147 Å². The van der Waals surface area contributed by atoms with Gasteiger partial charge in [0, 0.05) is 12.0 Å². The number of anilines is 1. The minimum atomic E-state index is -0.234. The van der Waals surface area contributed by atoms with E-state index in [0.29, 0.717) is 30.0 Å². The molecule has 0 aliphatic rings. The molecule has 0 aromatic heterocycles. The van der Waals surface area contributed by atoms with Gasteiger partial charge in [-0.15, -0.1) is 0 Å². The van der Waals surface area contributed by atoms with E-state index in [1.807, 2.05) is 27.7 Å². The molecule has 1 amide bonds. The maximum Gasteiger partial charge on any atom is 0.224 e. The van der Waals surface area contributed by atoms with Crippen molar-refractivity contribution in [3.05, 3.63) is 23.8 Å². The largest absolute Gasteiger partial charge is 0.492 e. The predicted molar refractivity (Wildman–Crippen MR) is 97.6 cm³/mol. The first-order chi connectivity index (χ1) is 10.9. The third-order valence-electron chi connectivity index (χ3n) is 3.43. The number of Topliss-reactive ketones (excluding diaryl/α,β-unsaturated/α-hetero) is 1. The van der Waals surface area contributed by atoms with Crippen LogP contribution in [-0.4, -0.2) is 23.1 Å². The second-order valence-electron chi connectivity index (χ2n) is 5.81. The van der Waals surface area contributed by atoms with Crippen molar-refractivity contribution in [1.82, 2.24) is 0 Å². The van der Waals surface area contributed by atoms with Gasteiger partial charge in [0.15, 0.2) is 5.78 Å². The Morgan fingerprint density at radius 2 is 1.96 bits per heavy atom. The summed E-state index contributed by atoms with van der Waals surface area (Å²) in [6.45, 7) is 8.37. The minimum Gasteiger partial charge on any atom is -0.492 e. The fourth-order valence-electron chi connectivity index (χ4n) is 2.07. The van der Waals surface area contributed by atoms with Gasteiger partial charge in [0.1, 0.15) is 5.75 Å². The van der Waals surface area contributed by atoms with Crippen molar-refractivity contribution in [2.75, 3.05) is 11.9 Å². The fraction of sp³-hybridized carbons (Fsp3) is 0.556. The third-order valence-corrected chi connectivity index (χ3v) is 4.91. The van der Waals surface area contributed by atoms with E-state index in [4.69, 9.17) is 4.74 Å². The van der Waals surface area contributed by atoms with Crippen molar-refractivity contribution >= 4 is 33.3 Å². The molecule has 0 spiro atoms. The monoisotopic (exact) mass is 383 g/mol. The van der Waals surface area contributed by atoms with Gasteiger partial charge in [-0.05, 0) is 37.5 Å². The van der Waals surface area contributed by atoms with Crippen LogP contribution in [-0.2, 0) is 4.79 Å². The molecule has 1 atom stereocenters. The summed E-state index contributed by atoms with van der Waals surface area (Å²) in [5.74, 6) is 0.718. The van der Waals surface area contributed by atoms with Crippen LogP contribution in [0.15, 0.2) is 18.2 Å². The SMILES string of the molecule is CCCCC(=O)Nc1ccc(C(=O)C(Br)C(C)C)cc1OCC. The Bertz CT molecular complexity index is 543. The number of hydrogen-bond acceptors (Lipinski definition) is 3. The van der Waals surface area contributed by atoms with E-state index in [0.717, 1.165) is 12.8 Å². The average Bonchev–Trinajstić information content (AvgIpc) is 2.53. The Kier molecular flexibility index (Phi) is 8.31. The Hall–Kier alpha value is -1.36. The molecule has 0 saturated carbocycles. The first-order valence-corrected chi connectivity index (χ1v) is 9.07. The van der Waals surface area contributed by atoms with E-state index < -0.39 is 0 Å². The molecule has 1 aromatic rings. The molecular weight excluding hydrogens is 358 g/mol. The van der Waals surface area contributed by atoms with Gasteiger partial charge >= 0.3 is 0 Å². The highest BCUT2D eigenvalue weighted by molar-refractivity contribution is 9.10. The van der Waals surface area contributed by atoms with Crippen molar-refractivity contribution < 1.29 is 14.3 Å². The van der Waals surface area contributed by atoms with Crippen molar-refractivity contribution in [3.8, 4) is 5.75 Å². The number of benzene rings is 1. The third kappa shape index (κ3) is 5.98. The van der Waals surface area contributed by atoms with Crippen molar-refractivity contribution in [2.24, 2.45) is 5.92 Å². The molecule has 1 aromatic carbocycles. The van der Waals surface area contributed by atoms with Crippen LogP contribution in [0.25, 0.3) is 0 Å². The number of unbranched alkanes of at least 4 members (excludes halogenated alkanes) is 1. The molecule has 1 unspecified atom stereocenters. The Morgan fingerprint density at radius 3 is 2.52 bits per heavy atom. The molecule has 5 heteroatoms. The lowest BCUT2D eigenvalue weighted by Crippen LogP contribution is -2.20. The Morgan fingerprint density at radius 1 is 1.26 bits per heavy atom. The van der Waals surface area contributed by atoms with Crippen LogP contribution in [0.4, 0.5) is 5.69 Å². The predicted octanol–water partition coefficient (Wildman–Crippen LogP) is 4.82. The van der Waals surface area contributed by atoms with Crippen LogP contribution in [0.3, 0.4) is 0 Å². The van der Waals surface area contributed by atoms with Gasteiger partial charge in [-0.2, -0.15) is 0 Å². The number of hydrogen-bond donors (Lipinski definition) is 1. The normalized spacial score (nSPS) is 12.1.